The Morgan fingerprint density at radius 2 is 1.74 bits per heavy atom. The molecule has 1 fully saturated rings. The maximum Gasteiger partial charge on any atom is 0.155 e. The van der Waals surface area contributed by atoms with Gasteiger partial charge >= 0.3 is 0 Å². The van der Waals surface area contributed by atoms with Crippen LogP contribution < -0.4 is 4.90 Å². The van der Waals surface area contributed by atoms with E-state index in [1.54, 1.807) is 24.5 Å². The second kappa shape index (κ2) is 8.45. The van der Waals surface area contributed by atoms with Crippen LogP contribution in [0.2, 0.25) is 0 Å². The van der Waals surface area contributed by atoms with Crippen molar-refractivity contribution in [3.63, 3.8) is 0 Å². The molecule has 2 aromatic heterocycles. The zero-order valence-corrected chi connectivity index (χ0v) is 15.9. The highest BCUT2D eigenvalue weighted by atomic mass is 35.5. The van der Waals surface area contributed by atoms with Gasteiger partial charge in [-0.05, 0) is 31.2 Å². The van der Waals surface area contributed by atoms with Gasteiger partial charge in [0.15, 0.2) is 5.82 Å². The molecule has 0 atom stereocenters. The summed E-state index contributed by atoms with van der Waals surface area (Å²) in [5.74, 6) is 0.612. The third kappa shape index (κ3) is 4.26. The van der Waals surface area contributed by atoms with Gasteiger partial charge in [0, 0.05) is 62.4 Å². The minimum atomic E-state index is -0.248. The van der Waals surface area contributed by atoms with Gasteiger partial charge in [-0.2, -0.15) is 5.10 Å². The molecule has 1 aromatic carbocycles. The molecule has 0 unspecified atom stereocenters. The lowest BCUT2D eigenvalue weighted by molar-refractivity contribution is 0.249. The van der Waals surface area contributed by atoms with E-state index in [0.29, 0.717) is 0 Å². The Labute approximate surface area is 163 Å². The summed E-state index contributed by atoms with van der Waals surface area (Å²) in [6.45, 7) is 6.58. The fourth-order valence-corrected chi connectivity index (χ4v) is 3.28. The standard InChI is InChI=1S/C19H21FN6.ClH/c1-14-16(12-23-24-14)13-25-8-10-26(11-9-25)19-18(21-6-7-22-19)15-2-4-17(20)5-3-15;/h2-7,12H,8-11,13H2,1H3,(H,23,24);1H. The second-order valence-corrected chi connectivity index (χ2v) is 6.49. The van der Waals surface area contributed by atoms with Gasteiger partial charge in [0.25, 0.3) is 0 Å². The van der Waals surface area contributed by atoms with Crippen LogP contribution in [0.25, 0.3) is 11.3 Å². The first-order valence-electron chi connectivity index (χ1n) is 8.74. The van der Waals surface area contributed by atoms with Crippen LogP contribution in [0.4, 0.5) is 10.2 Å². The largest absolute Gasteiger partial charge is 0.352 e. The SMILES string of the molecule is Cc1n[nH]cc1CN1CCN(c2nccnc2-c2ccc(F)cc2)CC1.Cl. The molecule has 6 nitrogen and oxygen atoms in total. The number of H-pyrrole nitrogens is 1. The predicted molar refractivity (Wildman–Crippen MR) is 105 cm³/mol. The van der Waals surface area contributed by atoms with Gasteiger partial charge in [-0.15, -0.1) is 12.4 Å². The second-order valence-electron chi connectivity index (χ2n) is 6.49. The first-order valence-corrected chi connectivity index (χ1v) is 8.74. The summed E-state index contributed by atoms with van der Waals surface area (Å²) in [6.07, 6.45) is 5.36. The molecule has 27 heavy (non-hydrogen) atoms. The van der Waals surface area contributed by atoms with Crippen molar-refractivity contribution in [2.24, 2.45) is 0 Å². The van der Waals surface area contributed by atoms with E-state index in [2.05, 4.69) is 30.0 Å². The zero-order valence-electron chi connectivity index (χ0n) is 15.1. The summed E-state index contributed by atoms with van der Waals surface area (Å²) in [5, 5.41) is 7.11. The molecular weight excluding hydrogens is 367 g/mol. The number of anilines is 1. The number of aryl methyl sites for hydroxylation is 1. The van der Waals surface area contributed by atoms with Crippen molar-refractivity contribution < 1.29 is 4.39 Å². The number of benzene rings is 1. The normalized spacial score (nSPS) is 14.8. The zero-order chi connectivity index (χ0) is 17.9. The molecule has 142 valence electrons. The molecule has 0 radical (unpaired) electrons. The minimum absolute atomic E-state index is 0. The molecule has 0 amide bonds. The average molecular weight is 389 g/mol. The number of piperazine rings is 1. The monoisotopic (exact) mass is 388 g/mol. The van der Waals surface area contributed by atoms with E-state index in [4.69, 9.17) is 0 Å². The van der Waals surface area contributed by atoms with Crippen molar-refractivity contribution in [3.8, 4) is 11.3 Å². The van der Waals surface area contributed by atoms with Crippen molar-refractivity contribution in [3.05, 3.63) is 59.9 Å². The van der Waals surface area contributed by atoms with E-state index in [9.17, 15) is 4.39 Å². The first kappa shape index (κ1) is 19.3. The van der Waals surface area contributed by atoms with Crippen LogP contribution in [0.1, 0.15) is 11.3 Å². The van der Waals surface area contributed by atoms with E-state index in [0.717, 1.165) is 55.5 Å². The van der Waals surface area contributed by atoms with Gasteiger partial charge in [0.05, 0.1) is 5.69 Å². The molecule has 0 aliphatic carbocycles. The molecule has 0 spiro atoms. The van der Waals surface area contributed by atoms with E-state index < -0.39 is 0 Å². The van der Waals surface area contributed by atoms with Crippen LogP contribution in [-0.4, -0.2) is 51.2 Å². The average Bonchev–Trinajstić information content (AvgIpc) is 3.08. The molecule has 4 rings (SSSR count). The third-order valence-corrected chi connectivity index (χ3v) is 4.80. The molecule has 3 aromatic rings. The Hall–Kier alpha value is -2.51. The highest BCUT2D eigenvalue weighted by Crippen LogP contribution is 2.27. The van der Waals surface area contributed by atoms with Gasteiger partial charge in [-0.25, -0.2) is 9.37 Å². The number of hydrogen-bond acceptors (Lipinski definition) is 5. The van der Waals surface area contributed by atoms with E-state index in [1.807, 2.05) is 13.1 Å². The molecule has 1 aliphatic rings. The molecule has 1 N–H and O–H groups in total. The Bertz CT molecular complexity index is 874. The van der Waals surface area contributed by atoms with Gasteiger partial charge in [-0.1, -0.05) is 0 Å². The smallest absolute Gasteiger partial charge is 0.155 e. The summed E-state index contributed by atoms with van der Waals surface area (Å²) in [6, 6.07) is 6.42. The predicted octanol–water partition coefficient (Wildman–Crippen LogP) is 3.06. The van der Waals surface area contributed by atoms with Crippen molar-refractivity contribution in [1.29, 1.82) is 0 Å². The van der Waals surface area contributed by atoms with Crippen LogP contribution in [0.15, 0.2) is 42.9 Å². The maximum absolute atomic E-state index is 13.2. The van der Waals surface area contributed by atoms with Crippen LogP contribution in [0.5, 0.6) is 0 Å². The molecule has 1 saturated heterocycles. The summed E-state index contributed by atoms with van der Waals surface area (Å²) < 4.78 is 13.2. The number of hydrogen-bond donors (Lipinski definition) is 1. The van der Waals surface area contributed by atoms with E-state index >= 15 is 0 Å². The molecule has 0 saturated carbocycles. The van der Waals surface area contributed by atoms with E-state index in [1.165, 1.54) is 17.7 Å². The van der Waals surface area contributed by atoms with Gasteiger partial charge in [0.2, 0.25) is 0 Å². The molecule has 0 bridgehead atoms. The van der Waals surface area contributed by atoms with Crippen LogP contribution in [0.3, 0.4) is 0 Å². The lowest BCUT2D eigenvalue weighted by Gasteiger charge is -2.35. The minimum Gasteiger partial charge on any atom is -0.352 e. The van der Waals surface area contributed by atoms with E-state index in [-0.39, 0.29) is 18.2 Å². The number of aromatic nitrogens is 4. The van der Waals surface area contributed by atoms with Crippen molar-refractivity contribution in [1.82, 2.24) is 25.1 Å². The van der Waals surface area contributed by atoms with Crippen molar-refractivity contribution in [2.45, 2.75) is 13.5 Å². The summed E-state index contributed by atoms with van der Waals surface area (Å²) in [7, 11) is 0. The fourth-order valence-electron chi connectivity index (χ4n) is 3.28. The number of nitrogens with one attached hydrogen (secondary N) is 1. The molecular formula is C19H22ClFN6. The Balaban J connectivity index is 0.00000210. The summed E-state index contributed by atoms with van der Waals surface area (Å²) >= 11 is 0. The highest BCUT2D eigenvalue weighted by molar-refractivity contribution is 5.85. The maximum atomic E-state index is 13.2. The molecule has 8 heteroatoms. The van der Waals surface area contributed by atoms with Crippen molar-refractivity contribution >= 4 is 18.2 Å². The third-order valence-electron chi connectivity index (χ3n) is 4.80. The molecule has 1 aliphatic heterocycles. The number of halogens is 2. The lowest BCUT2D eigenvalue weighted by Crippen LogP contribution is -2.46. The van der Waals surface area contributed by atoms with Crippen LogP contribution in [0, 0.1) is 12.7 Å². The number of aromatic amines is 1. The first-order chi connectivity index (χ1) is 12.7. The van der Waals surface area contributed by atoms with Crippen LogP contribution in [-0.2, 0) is 6.54 Å². The van der Waals surface area contributed by atoms with Gasteiger partial charge < -0.3 is 4.90 Å². The fraction of sp³-hybridized carbons (Fsp3) is 0.316. The Morgan fingerprint density at radius 1 is 1.04 bits per heavy atom. The summed E-state index contributed by atoms with van der Waals surface area (Å²) in [4.78, 5) is 13.7. The quantitative estimate of drug-likeness (QED) is 0.744. The lowest BCUT2D eigenvalue weighted by atomic mass is 10.1. The number of rotatable bonds is 4. The summed E-state index contributed by atoms with van der Waals surface area (Å²) in [5.41, 5.74) is 3.97. The Morgan fingerprint density at radius 3 is 2.41 bits per heavy atom. The van der Waals surface area contributed by atoms with Gasteiger partial charge in [0.1, 0.15) is 11.5 Å². The number of nitrogens with zero attached hydrogens (tertiary/aromatic N) is 5. The highest BCUT2D eigenvalue weighted by Gasteiger charge is 2.22. The van der Waals surface area contributed by atoms with Crippen molar-refractivity contribution in [2.75, 3.05) is 31.1 Å². The molecule has 3 heterocycles. The van der Waals surface area contributed by atoms with Crippen LogP contribution >= 0.6 is 12.4 Å². The van der Waals surface area contributed by atoms with Gasteiger partial charge in [-0.3, -0.25) is 15.0 Å². The topological polar surface area (TPSA) is 60.9 Å². The Kier molecular flexibility index (Phi) is 6.03.